The largest absolute Gasteiger partial charge is 0.481 e. The molecule has 0 aliphatic rings. The van der Waals surface area contributed by atoms with Gasteiger partial charge < -0.3 is 20.8 Å². The van der Waals surface area contributed by atoms with Crippen LogP contribution in [-0.2, 0) is 4.79 Å². The van der Waals surface area contributed by atoms with Crippen molar-refractivity contribution in [2.24, 2.45) is 0 Å². The van der Waals surface area contributed by atoms with E-state index in [0.717, 1.165) is 10.0 Å². The normalized spacial score (nSPS) is 11.7. The van der Waals surface area contributed by atoms with Gasteiger partial charge in [0.15, 0.2) is 0 Å². The highest BCUT2D eigenvalue weighted by atomic mass is 79.9. The first-order valence-electron chi connectivity index (χ1n) is 5.65. The van der Waals surface area contributed by atoms with Crippen LogP contribution in [0.15, 0.2) is 28.7 Å². The van der Waals surface area contributed by atoms with Crippen LogP contribution >= 0.6 is 15.9 Å². The van der Waals surface area contributed by atoms with Crippen molar-refractivity contribution in [2.45, 2.75) is 12.5 Å². The van der Waals surface area contributed by atoms with Gasteiger partial charge in [-0.15, -0.1) is 0 Å². The second-order valence-electron chi connectivity index (χ2n) is 3.83. The Bertz CT molecular complexity index is 453. The van der Waals surface area contributed by atoms with E-state index in [2.05, 4.69) is 26.6 Å². The van der Waals surface area contributed by atoms with E-state index in [-0.39, 0.29) is 19.6 Å². The van der Waals surface area contributed by atoms with Crippen molar-refractivity contribution in [1.29, 1.82) is 0 Å². The average Bonchev–Trinajstić information content (AvgIpc) is 2.35. The highest BCUT2D eigenvalue weighted by Gasteiger charge is 2.13. The number of carboxylic acid groups (broad SMARTS) is 1. The number of hydrogen-bond donors (Lipinski definition) is 4. The maximum absolute atomic E-state index is 11.5. The van der Waals surface area contributed by atoms with E-state index in [1.165, 1.54) is 0 Å². The van der Waals surface area contributed by atoms with E-state index in [0.29, 0.717) is 0 Å². The number of carbonyl (C=O) groups is 2. The van der Waals surface area contributed by atoms with E-state index in [9.17, 15) is 14.7 Å². The summed E-state index contributed by atoms with van der Waals surface area (Å²) in [6.45, 7) is -0.208. The van der Waals surface area contributed by atoms with Gasteiger partial charge in [0.1, 0.15) is 0 Å². The van der Waals surface area contributed by atoms with Crippen LogP contribution in [0.4, 0.5) is 4.79 Å². The molecule has 0 aromatic heterocycles. The van der Waals surface area contributed by atoms with Gasteiger partial charge in [-0.05, 0) is 17.7 Å². The van der Waals surface area contributed by atoms with Crippen LogP contribution < -0.4 is 10.6 Å². The smallest absolute Gasteiger partial charge is 0.315 e. The molecule has 0 aliphatic carbocycles. The first kappa shape index (κ1) is 15.5. The zero-order valence-corrected chi connectivity index (χ0v) is 11.7. The van der Waals surface area contributed by atoms with Crippen molar-refractivity contribution in [3.05, 3.63) is 34.3 Å². The van der Waals surface area contributed by atoms with Crippen LogP contribution in [0.1, 0.15) is 18.0 Å². The summed E-state index contributed by atoms with van der Waals surface area (Å²) in [5.74, 6) is -0.981. The Balaban J connectivity index is 2.52. The summed E-state index contributed by atoms with van der Waals surface area (Å²) in [5.41, 5.74) is 0.755. The number of rotatable bonds is 6. The molecule has 0 saturated heterocycles. The molecular formula is C12H15BrN2O4. The van der Waals surface area contributed by atoms with Crippen LogP contribution in [0.2, 0.25) is 0 Å². The molecule has 1 aromatic rings. The second-order valence-corrected chi connectivity index (χ2v) is 4.75. The third-order valence-electron chi connectivity index (χ3n) is 2.36. The SMILES string of the molecule is O=C(O)CCNC(=O)NC(CO)c1cccc(Br)c1. The summed E-state index contributed by atoms with van der Waals surface area (Å²) in [4.78, 5) is 21.8. The fourth-order valence-electron chi connectivity index (χ4n) is 1.45. The van der Waals surface area contributed by atoms with Crippen molar-refractivity contribution in [3.8, 4) is 0 Å². The number of aliphatic hydroxyl groups excluding tert-OH is 1. The van der Waals surface area contributed by atoms with E-state index in [1.54, 1.807) is 18.2 Å². The Morgan fingerprint density at radius 2 is 2.11 bits per heavy atom. The highest BCUT2D eigenvalue weighted by molar-refractivity contribution is 9.10. The number of aliphatic carboxylic acids is 1. The molecule has 0 heterocycles. The molecule has 1 unspecified atom stereocenters. The number of carboxylic acids is 1. The molecule has 0 spiro atoms. The van der Waals surface area contributed by atoms with Gasteiger partial charge in [-0.1, -0.05) is 28.1 Å². The Labute approximate surface area is 118 Å². The first-order valence-corrected chi connectivity index (χ1v) is 6.44. The molecule has 0 saturated carbocycles. The van der Waals surface area contributed by atoms with Crippen LogP contribution in [0.3, 0.4) is 0 Å². The van der Waals surface area contributed by atoms with Gasteiger partial charge in [0.2, 0.25) is 0 Å². The minimum atomic E-state index is -0.981. The Morgan fingerprint density at radius 3 is 2.68 bits per heavy atom. The lowest BCUT2D eigenvalue weighted by molar-refractivity contribution is -0.136. The van der Waals surface area contributed by atoms with Gasteiger partial charge in [0, 0.05) is 11.0 Å². The molecule has 2 amide bonds. The standard InChI is InChI=1S/C12H15BrN2O4/c13-9-3-1-2-8(6-9)10(7-16)15-12(19)14-5-4-11(17)18/h1-3,6,10,16H,4-5,7H2,(H,17,18)(H2,14,15,19). The number of carbonyl (C=O) groups excluding carboxylic acids is 1. The summed E-state index contributed by atoms with van der Waals surface area (Å²) >= 11 is 3.31. The molecule has 0 fully saturated rings. The van der Waals surface area contributed by atoms with Crippen molar-refractivity contribution >= 4 is 27.9 Å². The lowest BCUT2D eigenvalue weighted by Gasteiger charge is -2.17. The number of benzene rings is 1. The van der Waals surface area contributed by atoms with Crippen molar-refractivity contribution in [3.63, 3.8) is 0 Å². The third kappa shape index (κ3) is 5.71. The number of halogens is 1. The van der Waals surface area contributed by atoms with Crippen molar-refractivity contribution in [2.75, 3.05) is 13.2 Å². The lowest BCUT2D eigenvalue weighted by atomic mass is 10.1. The number of urea groups is 1. The van der Waals surface area contributed by atoms with Gasteiger partial charge in [-0.2, -0.15) is 0 Å². The summed E-state index contributed by atoms with van der Waals surface area (Å²) in [5, 5.41) is 22.7. The molecule has 0 radical (unpaired) electrons. The molecule has 19 heavy (non-hydrogen) atoms. The molecule has 6 nitrogen and oxygen atoms in total. The summed E-state index contributed by atoms with van der Waals surface area (Å²) in [6, 6.07) is 6.15. The zero-order valence-electron chi connectivity index (χ0n) is 10.1. The van der Waals surface area contributed by atoms with E-state index in [1.807, 2.05) is 6.07 Å². The Kier molecular flexibility index (Phi) is 6.31. The molecule has 1 atom stereocenters. The quantitative estimate of drug-likeness (QED) is 0.631. The van der Waals surface area contributed by atoms with Crippen LogP contribution in [0.25, 0.3) is 0 Å². The van der Waals surface area contributed by atoms with Gasteiger partial charge in [-0.3, -0.25) is 4.79 Å². The second kappa shape index (κ2) is 7.75. The lowest BCUT2D eigenvalue weighted by Crippen LogP contribution is -2.40. The topological polar surface area (TPSA) is 98.7 Å². The van der Waals surface area contributed by atoms with Crippen LogP contribution in [0, 0.1) is 0 Å². The molecule has 0 bridgehead atoms. The van der Waals surface area contributed by atoms with Crippen LogP contribution in [-0.4, -0.2) is 35.4 Å². The molecule has 104 valence electrons. The first-order chi connectivity index (χ1) is 9.02. The van der Waals surface area contributed by atoms with E-state index >= 15 is 0 Å². The van der Waals surface area contributed by atoms with Gasteiger partial charge in [0.05, 0.1) is 19.1 Å². The van der Waals surface area contributed by atoms with Gasteiger partial charge >= 0.3 is 12.0 Å². The summed E-state index contributed by atoms with van der Waals surface area (Å²) < 4.78 is 0.844. The van der Waals surface area contributed by atoms with Gasteiger partial charge in [0.25, 0.3) is 0 Å². The average molecular weight is 331 g/mol. The number of nitrogens with one attached hydrogen (secondary N) is 2. The maximum atomic E-state index is 11.5. The fourth-order valence-corrected chi connectivity index (χ4v) is 1.87. The zero-order chi connectivity index (χ0) is 14.3. The number of hydrogen-bond acceptors (Lipinski definition) is 3. The third-order valence-corrected chi connectivity index (χ3v) is 2.86. The summed E-state index contributed by atoms with van der Waals surface area (Å²) in [7, 11) is 0. The predicted octanol–water partition coefficient (Wildman–Crippen LogP) is 1.26. The Morgan fingerprint density at radius 1 is 1.37 bits per heavy atom. The minimum Gasteiger partial charge on any atom is -0.481 e. The molecule has 1 aromatic carbocycles. The predicted molar refractivity (Wildman–Crippen MR) is 72.8 cm³/mol. The van der Waals surface area contributed by atoms with E-state index in [4.69, 9.17) is 5.11 Å². The van der Waals surface area contributed by atoms with E-state index < -0.39 is 18.0 Å². The number of amides is 2. The Hall–Kier alpha value is -1.60. The maximum Gasteiger partial charge on any atom is 0.315 e. The highest BCUT2D eigenvalue weighted by Crippen LogP contribution is 2.17. The minimum absolute atomic E-state index is 0.0395. The van der Waals surface area contributed by atoms with Crippen LogP contribution in [0.5, 0.6) is 0 Å². The van der Waals surface area contributed by atoms with Gasteiger partial charge in [-0.25, -0.2) is 4.79 Å². The molecule has 0 aliphatic heterocycles. The molecule has 4 N–H and O–H groups in total. The molecule has 1 rings (SSSR count). The summed E-state index contributed by atoms with van der Waals surface area (Å²) in [6.07, 6.45) is -0.145. The number of aliphatic hydroxyl groups is 1. The molecule has 7 heteroatoms. The monoisotopic (exact) mass is 330 g/mol. The molecular weight excluding hydrogens is 316 g/mol. The van der Waals surface area contributed by atoms with Crippen molar-refractivity contribution < 1.29 is 19.8 Å². The fraction of sp³-hybridized carbons (Fsp3) is 0.333. The van der Waals surface area contributed by atoms with Crippen molar-refractivity contribution in [1.82, 2.24) is 10.6 Å².